The first kappa shape index (κ1) is 19.9. The third kappa shape index (κ3) is 4.83. The van der Waals surface area contributed by atoms with E-state index >= 15 is 0 Å². The maximum absolute atomic E-state index is 12.7. The van der Waals surface area contributed by atoms with Gasteiger partial charge < -0.3 is 10.1 Å². The van der Waals surface area contributed by atoms with Crippen LogP contribution in [0.3, 0.4) is 0 Å². The summed E-state index contributed by atoms with van der Waals surface area (Å²) in [6.45, 7) is 6.51. The summed E-state index contributed by atoms with van der Waals surface area (Å²) in [5, 5.41) is 2.69. The highest BCUT2D eigenvalue weighted by Crippen LogP contribution is 2.25. The topological polar surface area (TPSA) is 84.5 Å². The Morgan fingerprint density at radius 3 is 2.15 bits per heavy atom. The van der Waals surface area contributed by atoms with Gasteiger partial charge in [-0.05, 0) is 56.2 Å². The van der Waals surface area contributed by atoms with Crippen LogP contribution in [0.4, 0.5) is 5.69 Å². The highest BCUT2D eigenvalue weighted by atomic mass is 32.2. The summed E-state index contributed by atoms with van der Waals surface area (Å²) in [6.07, 6.45) is 0. The third-order valence-electron chi connectivity index (χ3n) is 3.93. The summed E-state index contributed by atoms with van der Waals surface area (Å²) < 4.78 is 32.8. The van der Waals surface area contributed by atoms with Gasteiger partial charge >= 0.3 is 0 Å². The number of hydrogen-bond donors (Lipinski definition) is 2. The molecule has 0 heterocycles. The van der Waals surface area contributed by atoms with Gasteiger partial charge in [0.05, 0.1) is 17.2 Å². The number of methoxy groups -OCH3 is 1. The van der Waals surface area contributed by atoms with E-state index in [4.69, 9.17) is 4.74 Å². The van der Waals surface area contributed by atoms with Crippen molar-refractivity contribution in [2.45, 2.75) is 25.7 Å². The largest absolute Gasteiger partial charge is 0.383 e. The molecule has 2 N–H and O–H groups in total. The second-order valence-electron chi connectivity index (χ2n) is 6.15. The molecule has 0 spiro atoms. The fourth-order valence-corrected chi connectivity index (χ4v) is 3.89. The molecule has 0 unspecified atom stereocenters. The van der Waals surface area contributed by atoms with Gasteiger partial charge in [0.1, 0.15) is 0 Å². The monoisotopic (exact) mass is 376 g/mol. The summed E-state index contributed by atoms with van der Waals surface area (Å²) in [5.41, 5.74) is 3.77. The van der Waals surface area contributed by atoms with Crippen molar-refractivity contribution < 1.29 is 17.9 Å². The Balaban J connectivity index is 2.18. The van der Waals surface area contributed by atoms with Crippen LogP contribution in [0.1, 0.15) is 27.0 Å². The zero-order valence-corrected chi connectivity index (χ0v) is 16.2. The lowest BCUT2D eigenvalue weighted by Crippen LogP contribution is -2.27. The first-order chi connectivity index (χ1) is 12.2. The van der Waals surface area contributed by atoms with E-state index in [1.165, 1.54) is 24.3 Å². The average Bonchev–Trinajstić information content (AvgIpc) is 2.58. The second kappa shape index (κ2) is 8.33. The molecule has 26 heavy (non-hydrogen) atoms. The standard InChI is InChI=1S/C19H24N2O4S/c1-13-11-14(2)18(15(3)12-13)21-26(23,24)17-7-5-16(6-8-17)19(22)20-9-10-25-4/h5-8,11-12,21H,9-10H2,1-4H3,(H,20,22). The summed E-state index contributed by atoms with van der Waals surface area (Å²) in [6, 6.07) is 9.69. The molecule has 0 aromatic heterocycles. The minimum Gasteiger partial charge on any atom is -0.383 e. The lowest BCUT2D eigenvalue weighted by molar-refractivity contribution is 0.0937. The van der Waals surface area contributed by atoms with E-state index < -0.39 is 10.0 Å². The number of ether oxygens (including phenoxy) is 1. The van der Waals surface area contributed by atoms with E-state index in [1.54, 1.807) is 7.11 Å². The van der Waals surface area contributed by atoms with Crippen LogP contribution in [0.5, 0.6) is 0 Å². The van der Waals surface area contributed by atoms with E-state index in [0.717, 1.165) is 16.7 Å². The summed E-state index contributed by atoms with van der Waals surface area (Å²) in [5.74, 6) is -0.274. The van der Waals surface area contributed by atoms with Gasteiger partial charge in [-0.1, -0.05) is 17.7 Å². The molecule has 7 heteroatoms. The molecular formula is C19H24N2O4S. The molecule has 0 fully saturated rings. The quantitative estimate of drug-likeness (QED) is 0.728. The van der Waals surface area contributed by atoms with Crippen molar-refractivity contribution in [1.29, 1.82) is 0 Å². The number of sulfonamides is 1. The Morgan fingerprint density at radius 1 is 1.04 bits per heavy atom. The number of carbonyl (C=O) groups is 1. The minimum absolute atomic E-state index is 0.102. The fourth-order valence-electron chi connectivity index (χ4n) is 2.69. The van der Waals surface area contributed by atoms with E-state index in [2.05, 4.69) is 10.0 Å². The maximum Gasteiger partial charge on any atom is 0.261 e. The molecule has 6 nitrogen and oxygen atoms in total. The molecule has 140 valence electrons. The third-order valence-corrected chi connectivity index (χ3v) is 5.30. The molecule has 2 rings (SSSR count). The number of anilines is 1. The van der Waals surface area contributed by atoms with E-state index in [9.17, 15) is 13.2 Å². The van der Waals surface area contributed by atoms with Gasteiger partial charge in [-0.15, -0.1) is 0 Å². The Kier molecular flexibility index (Phi) is 6.39. The molecule has 2 aromatic carbocycles. The van der Waals surface area contributed by atoms with E-state index in [1.807, 2.05) is 32.9 Å². The molecule has 0 saturated carbocycles. The van der Waals surface area contributed by atoms with Crippen molar-refractivity contribution in [3.05, 3.63) is 58.7 Å². The van der Waals surface area contributed by atoms with Gasteiger partial charge in [0.25, 0.3) is 15.9 Å². The SMILES string of the molecule is COCCNC(=O)c1ccc(S(=O)(=O)Nc2c(C)cc(C)cc2C)cc1. The molecule has 0 radical (unpaired) electrons. The first-order valence-electron chi connectivity index (χ1n) is 8.22. The van der Waals surface area contributed by atoms with Gasteiger partial charge in [-0.2, -0.15) is 0 Å². The van der Waals surface area contributed by atoms with Crippen LogP contribution in [0.15, 0.2) is 41.3 Å². The van der Waals surface area contributed by atoms with Gasteiger partial charge in [0.2, 0.25) is 0 Å². The zero-order chi connectivity index (χ0) is 19.3. The van der Waals surface area contributed by atoms with Crippen molar-refractivity contribution in [3.8, 4) is 0 Å². The van der Waals surface area contributed by atoms with Crippen LogP contribution < -0.4 is 10.0 Å². The van der Waals surface area contributed by atoms with Crippen molar-refractivity contribution in [2.24, 2.45) is 0 Å². The molecule has 1 amide bonds. The fraction of sp³-hybridized carbons (Fsp3) is 0.316. The number of nitrogens with one attached hydrogen (secondary N) is 2. The Bertz CT molecular complexity index is 867. The molecular weight excluding hydrogens is 352 g/mol. The van der Waals surface area contributed by atoms with Crippen LogP contribution in [-0.2, 0) is 14.8 Å². The number of amides is 1. The van der Waals surface area contributed by atoms with Crippen LogP contribution in [-0.4, -0.2) is 34.6 Å². The van der Waals surface area contributed by atoms with E-state index in [-0.39, 0.29) is 10.8 Å². The van der Waals surface area contributed by atoms with Crippen LogP contribution in [0, 0.1) is 20.8 Å². The highest BCUT2D eigenvalue weighted by molar-refractivity contribution is 7.92. The van der Waals surface area contributed by atoms with Gasteiger partial charge in [0, 0.05) is 19.2 Å². The summed E-state index contributed by atoms with van der Waals surface area (Å²) >= 11 is 0. The molecule has 0 bridgehead atoms. The second-order valence-corrected chi connectivity index (χ2v) is 7.83. The van der Waals surface area contributed by atoms with Gasteiger partial charge in [0.15, 0.2) is 0 Å². The lowest BCUT2D eigenvalue weighted by atomic mass is 10.1. The predicted molar refractivity (Wildman–Crippen MR) is 102 cm³/mol. The van der Waals surface area contributed by atoms with Gasteiger partial charge in [-0.3, -0.25) is 9.52 Å². The molecule has 0 atom stereocenters. The number of carbonyl (C=O) groups excluding carboxylic acids is 1. The zero-order valence-electron chi connectivity index (χ0n) is 15.4. The average molecular weight is 376 g/mol. The predicted octanol–water partition coefficient (Wildman–Crippen LogP) is 2.79. The van der Waals surface area contributed by atoms with Crippen LogP contribution >= 0.6 is 0 Å². The summed E-state index contributed by atoms with van der Waals surface area (Å²) in [7, 11) is -2.18. The molecule has 0 aliphatic carbocycles. The van der Waals surface area contributed by atoms with Crippen molar-refractivity contribution >= 4 is 21.6 Å². The van der Waals surface area contributed by atoms with Crippen molar-refractivity contribution in [1.82, 2.24) is 5.32 Å². The number of hydrogen-bond acceptors (Lipinski definition) is 4. The minimum atomic E-state index is -3.74. The van der Waals surface area contributed by atoms with Crippen LogP contribution in [0.2, 0.25) is 0 Å². The van der Waals surface area contributed by atoms with Crippen LogP contribution in [0.25, 0.3) is 0 Å². The normalized spacial score (nSPS) is 11.2. The maximum atomic E-state index is 12.7. The molecule has 2 aromatic rings. The molecule has 0 aliphatic heterocycles. The highest BCUT2D eigenvalue weighted by Gasteiger charge is 2.17. The van der Waals surface area contributed by atoms with Gasteiger partial charge in [-0.25, -0.2) is 8.42 Å². The smallest absolute Gasteiger partial charge is 0.261 e. The van der Waals surface area contributed by atoms with Crippen molar-refractivity contribution in [3.63, 3.8) is 0 Å². The number of rotatable bonds is 7. The Labute approximate surface area is 154 Å². The summed E-state index contributed by atoms with van der Waals surface area (Å²) in [4.78, 5) is 12.1. The Morgan fingerprint density at radius 2 is 1.62 bits per heavy atom. The first-order valence-corrected chi connectivity index (χ1v) is 9.71. The Hall–Kier alpha value is -2.38. The molecule has 0 saturated heterocycles. The number of aryl methyl sites for hydroxylation is 3. The molecule has 0 aliphatic rings. The number of benzene rings is 2. The lowest BCUT2D eigenvalue weighted by Gasteiger charge is -2.14. The van der Waals surface area contributed by atoms with E-state index in [0.29, 0.717) is 24.4 Å². The van der Waals surface area contributed by atoms with Crippen molar-refractivity contribution in [2.75, 3.05) is 25.0 Å².